The van der Waals surface area contributed by atoms with E-state index in [2.05, 4.69) is 20.7 Å². The maximum Gasteiger partial charge on any atom is 0.291 e. The van der Waals surface area contributed by atoms with Crippen molar-refractivity contribution in [2.75, 3.05) is 10.6 Å². The van der Waals surface area contributed by atoms with Crippen LogP contribution in [0.1, 0.15) is 29.1 Å². The molecule has 0 saturated carbocycles. The van der Waals surface area contributed by atoms with Gasteiger partial charge in [0.15, 0.2) is 11.3 Å². The summed E-state index contributed by atoms with van der Waals surface area (Å²) in [4.78, 5) is 28.8. The fourth-order valence-corrected chi connectivity index (χ4v) is 3.25. The molecule has 4 aromatic rings. The van der Waals surface area contributed by atoms with Gasteiger partial charge < -0.3 is 15.1 Å². The van der Waals surface area contributed by atoms with E-state index >= 15 is 0 Å². The van der Waals surface area contributed by atoms with Crippen molar-refractivity contribution in [3.05, 3.63) is 71.5 Å². The van der Waals surface area contributed by atoms with E-state index < -0.39 is 6.04 Å². The highest BCUT2D eigenvalue weighted by Gasteiger charge is 2.19. The monoisotopic (exact) mass is 423 g/mol. The maximum atomic E-state index is 12.7. The highest BCUT2D eigenvalue weighted by molar-refractivity contribution is 6.35. The molecule has 1 unspecified atom stereocenters. The molecule has 2 aromatic heterocycles. The molecule has 1 atom stereocenters. The zero-order chi connectivity index (χ0) is 21.3. The second-order valence-corrected chi connectivity index (χ2v) is 7.15. The van der Waals surface area contributed by atoms with Crippen LogP contribution in [-0.4, -0.2) is 26.6 Å². The third-order valence-corrected chi connectivity index (χ3v) is 5.04. The number of rotatable bonds is 5. The smallest absolute Gasteiger partial charge is 0.291 e. The number of nitrogens with one attached hydrogen (secondary N) is 2. The molecular weight excluding hydrogens is 406 g/mol. The van der Waals surface area contributed by atoms with Crippen LogP contribution in [-0.2, 0) is 4.79 Å². The van der Waals surface area contributed by atoms with Crippen molar-refractivity contribution in [3.63, 3.8) is 0 Å². The Hall–Kier alpha value is -3.65. The standard InChI is InChI=1S/C21H18ClN5O3/c1-12-16-4-3-5-17(22)19(16)30-18(12)21(29)26-15-8-6-14(7-9-15)25-20(28)13(2)27-11-23-10-24-27/h3-11,13H,1-2H3,(H,25,28)(H,26,29). The fourth-order valence-electron chi connectivity index (χ4n) is 3.03. The first-order valence-electron chi connectivity index (χ1n) is 9.18. The minimum atomic E-state index is -0.505. The molecule has 2 aromatic carbocycles. The Bertz CT molecular complexity index is 1220. The fraction of sp³-hybridized carbons (Fsp3) is 0.143. The second kappa shape index (κ2) is 8.00. The van der Waals surface area contributed by atoms with Crippen molar-refractivity contribution in [2.45, 2.75) is 19.9 Å². The quantitative estimate of drug-likeness (QED) is 0.494. The normalized spacial score (nSPS) is 12.0. The lowest BCUT2D eigenvalue weighted by atomic mass is 10.1. The average molecular weight is 424 g/mol. The Morgan fingerprint density at radius 3 is 2.43 bits per heavy atom. The molecule has 30 heavy (non-hydrogen) atoms. The molecule has 2 amide bonds. The lowest BCUT2D eigenvalue weighted by Crippen LogP contribution is -2.24. The minimum absolute atomic E-state index is 0.206. The summed E-state index contributed by atoms with van der Waals surface area (Å²) < 4.78 is 7.15. The number of aromatic nitrogens is 3. The molecule has 152 valence electrons. The van der Waals surface area contributed by atoms with Crippen LogP contribution in [0.15, 0.2) is 59.5 Å². The third-order valence-electron chi connectivity index (χ3n) is 4.75. The summed E-state index contributed by atoms with van der Waals surface area (Å²) in [6, 6.07) is 11.7. The van der Waals surface area contributed by atoms with Crippen LogP contribution >= 0.6 is 11.6 Å². The first-order chi connectivity index (χ1) is 14.4. The predicted molar refractivity (Wildman–Crippen MR) is 114 cm³/mol. The number of carbonyl (C=O) groups is 2. The topological polar surface area (TPSA) is 102 Å². The first-order valence-corrected chi connectivity index (χ1v) is 9.56. The number of aryl methyl sites for hydroxylation is 1. The van der Waals surface area contributed by atoms with Crippen LogP contribution in [0.2, 0.25) is 5.02 Å². The molecule has 8 nitrogen and oxygen atoms in total. The lowest BCUT2D eigenvalue weighted by Gasteiger charge is -2.12. The van der Waals surface area contributed by atoms with Gasteiger partial charge in [0.05, 0.1) is 5.02 Å². The molecule has 0 saturated heterocycles. The van der Waals surface area contributed by atoms with E-state index in [1.54, 1.807) is 37.3 Å². The Balaban J connectivity index is 1.45. The van der Waals surface area contributed by atoms with Gasteiger partial charge in [0, 0.05) is 22.3 Å². The highest BCUT2D eigenvalue weighted by Crippen LogP contribution is 2.31. The third kappa shape index (κ3) is 3.77. The van der Waals surface area contributed by atoms with Gasteiger partial charge in [0.1, 0.15) is 18.7 Å². The summed E-state index contributed by atoms with van der Waals surface area (Å²) in [5.41, 5.74) is 2.36. The van der Waals surface area contributed by atoms with Crippen molar-refractivity contribution >= 4 is 45.8 Å². The number of benzene rings is 2. The van der Waals surface area contributed by atoms with Crippen LogP contribution in [0.4, 0.5) is 11.4 Å². The number of nitrogens with zero attached hydrogens (tertiary/aromatic N) is 3. The Labute approximate surface area is 176 Å². The first kappa shape index (κ1) is 19.7. The summed E-state index contributed by atoms with van der Waals surface area (Å²) in [7, 11) is 0. The van der Waals surface area contributed by atoms with Gasteiger partial charge in [-0.1, -0.05) is 23.7 Å². The van der Waals surface area contributed by atoms with Gasteiger partial charge in [-0.2, -0.15) is 5.10 Å². The SMILES string of the molecule is Cc1c(C(=O)Nc2ccc(NC(=O)C(C)n3cncn3)cc2)oc2c(Cl)cccc12. The Kier molecular flexibility index (Phi) is 5.24. The molecule has 0 bridgehead atoms. The minimum Gasteiger partial charge on any atom is -0.449 e. The number of furan rings is 1. The number of anilines is 2. The Morgan fingerprint density at radius 2 is 1.80 bits per heavy atom. The number of fused-ring (bicyclic) bond motifs is 1. The molecule has 0 radical (unpaired) electrons. The number of amides is 2. The van der Waals surface area contributed by atoms with Crippen LogP contribution < -0.4 is 10.6 Å². The van der Waals surface area contributed by atoms with Crippen molar-refractivity contribution in [1.29, 1.82) is 0 Å². The summed E-state index contributed by atoms with van der Waals surface area (Å²) in [6.45, 7) is 3.53. The zero-order valence-electron chi connectivity index (χ0n) is 16.2. The molecule has 0 spiro atoms. The maximum absolute atomic E-state index is 12.7. The Morgan fingerprint density at radius 1 is 1.10 bits per heavy atom. The molecule has 2 N–H and O–H groups in total. The molecule has 4 rings (SSSR count). The van der Waals surface area contributed by atoms with Gasteiger partial charge in [0.25, 0.3) is 5.91 Å². The van der Waals surface area contributed by atoms with Gasteiger partial charge in [-0.3, -0.25) is 9.59 Å². The lowest BCUT2D eigenvalue weighted by molar-refractivity contribution is -0.119. The van der Waals surface area contributed by atoms with Gasteiger partial charge in [-0.05, 0) is 44.2 Å². The van der Waals surface area contributed by atoms with E-state index in [1.807, 2.05) is 19.1 Å². The average Bonchev–Trinajstić information content (AvgIpc) is 3.38. The van der Waals surface area contributed by atoms with Crippen molar-refractivity contribution < 1.29 is 14.0 Å². The second-order valence-electron chi connectivity index (χ2n) is 6.74. The van der Waals surface area contributed by atoms with Crippen molar-refractivity contribution in [1.82, 2.24) is 14.8 Å². The molecular formula is C21H18ClN5O3. The highest BCUT2D eigenvalue weighted by atomic mass is 35.5. The van der Waals surface area contributed by atoms with E-state index in [0.29, 0.717) is 22.0 Å². The summed E-state index contributed by atoms with van der Waals surface area (Å²) in [6.07, 6.45) is 2.86. The summed E-state index contributed by atoms with van der Waals surface area (Å²) in [5, 5.41) is 10.8. The molecule has 0 fully saturated rings. The molecule has 9 heteroatoms. The van der Waals surface area contributed by atoms with Gasteiger partial charge >= 0.3 is 0 Å². The molecule has 0 aliphatic heterocycles. The number of hydrogen-bond donors (Lipinski definition) is 2. The van der Waals surface area contributed by atoms with Crippen molar-refractivity contribution in [2.24, 2.45) is 0 Å². The number of para-hydroxylation sites is 1. The zero-order valence-corrected chi connectivity index (χ0v) is 17.0. The largest absolute Gasteiger partial charge is 0.449 e. The predicted octanol–water partition coefficient (Wildman–Crippen LogP) is 4.44. The van der Waals surface area contributed by atoms with Crippen LogP contribution in [0.25, 0.3) is 11.0 Å². The summed E-state index contributed by atoms with van der Waals surface area (Å²) >= 11 is 6.15. The number of carbonyl (C=O) groups excluding carboxylic acids is 2. The number of halogens is 1. The van der Waals surface area contributed by atoms with E-state index in [4.69, 9.17) is 16.0 Å². The van der Waals surface area contributed by atoms with E-state index in [9.17, 15) is 9.59 Å². The van der Waals surface area contributed by atoms with Crippen LogP contribution in [0.3, 0.4) is 0 Å². The van der Waals surface area contributed by atoms with Gasteiger partial charge in [-0.25, -0.2) is 9.67 Å². The van der Waals surface area contributed by atoms with E-state index in [-0.39, 0.29) is 17.6 Å². The van der Waals surface area contributed by atoms with Crippen LogP contribution in [0, 0.1) is 6.92 Å². The number of hydrogen-bond acceptors (Lipinski definition) is 5. The van der Waals surface area contributed by atoms with Gasteiger partial charge in [-0.15, -0.1) is 0 Å². The van der Waals surface area contributed by atoms with E-state index in [0.717, 1.165) is 10.9 Å². The van der Waals surface area contributed by atoms with Gasteiger partial charge in [0.2, 0.25) is 5.91 Å². The van der Waals surface area contributed by atoms with Crippen molar-refractivity contribution in [3.8, 4) is 0 Å². The molecule has 0 aliphatic rings. The van der Waals surface area contributed by atoms with Crippen LogP contribution in [0.5, 0.6) is 0 Å². The van der Waals surface area contributed by atoms with E-state index in [1.165, 1.54) is 17.3 Å². The summed E-state index contributed by atoms with van der Waals surface area (Å²) in [5.74, 6) is -0.402. The molecule has 0 aliphatic carbocycles. The molecule has 2 heterocycles.